The normalized spacial score (nSPS) is 10.1. The maximum Gasteiger partial charge on any atom is 0.333 e. The van der Waals surface area contributed by atoms with Gasteiger partial charge in [0.25, 0.3) is 0 Å². The summed E-state index contributed by atoms with van der Waals surface area (Å²) in [6, 6.07) is 7.42. The molecule has 0 spiro atoms. The van der Waals surface area contributed by atoms with E-state index < -0.39 is 29.4 Å². The van der Waals surface area contributed by atoms with Crippen molar-refractivity contribution < 1.29 is 22.8 Å². The van der Waals surface area contributed by atoms with Crippen LogP contribution in [0, 0.1) is 17.5 Å². The molecule has 2 aromatic carbocycles. The fourth-order valence-electron chi connectivity index (χ4n) is 1.86. The van der Waals surface area contributed by atoms with Gasteiger partial charge < -0.3 is 5.32 Å². The second-order valence-corrected chi connectivity index (χ2v) is 4.89. The number of halogens is 3. The Morgan fingerprint density at radius 3 is 2.25 bits per heavy atom. The summed E-state index contributed by atoms with van der Waals surface area (Å²) >= 11 is 0. The summed E-state index contributed by atoms with van der Waals surface area (Å²) in [5.41, 5.74) is 4.77. The molecule has 126 valence electrons. The highest BCUT2D eigenvalue weighted by molar-refractivity contribution is 5.82. The van der Waals surface area contributed by atoms with Crippen LogP contribution in [-0.2, 0) is 17.8 Å². The minimum Gasteiger partial charge on any atom is -0.333 e. The van der Waals surface area contributed by atoms with E-state index in [1.165, 1.54) is 24.3 Å². The lowest BCUT2D eigenvalue weighted by Gasteiger charge is -2.09. The van der Waals surface area contributed by atoms with Gasteiger partial charge in [-0.05, 0) is 35.9 Å². The Hall–Kier alpha value is -3.03. The van der Waals surface area contributed by atoms with Gasteiger partial charge in [-0.2, -0.15) is 0 Å². The molecule has 0 fully saturated rings. The van der Waals surface area contributed by atoms with Gasteiger partial charge in [-0.3, -0.25) is 10.2 Å². The highest BCUT2D eigenvalue weighted by Crippen LogP contribution is 2.09. The number of amides is 3. The van der Waals surface area contributed by atoms with E-state index in [9.17, 15) is 22.8 Å². The smallest absolute Gasteiger partial charge is 0.333 e. The Balaban J connectivity index is 1.75. The minimum absolute atomic E-state index is 0.0252. The topological polar surface area (TPSA) is 70.2 Å². The predicted octanol–water partition coefficient (Wildman–Crippen LogP) is 2.18. The summed E-state index contributed by atoms with van der Waals surface area (Å²) in [5, 5.41) is 2.27. The summed E-state index contributed by atoms with van der Waals surface area (Å²) in [6.07, 6.45) is -0.0565. The first kappa shape index (κ1) is 17.3. The van der Waals surface area contributed by atoms with E-state index in [0.29, 0.717) is 5.56 Å². The lowest BCUT2D eigenvalue weighted by atomic mass is 10.1. The molecule has 0 bridgehead atoms. The van der Waals surface area contributed by atoms with E-state index in [-0.39, 0.29) is 18.5 Å². The van der Waals surface area contributed by atoms with Crippen molar-refractivity contribution in [1.82, 2.24) is 16.2 Å². The number of rotatable bonds is 4. The standard InChI is InChI=1S/C16H14F3N3O2/c17-12-3-1-10(2-4-12)7-15(23)21-22-16(24)20-9-11-8-13(18)5-6-14(11)19/h1-6,8H,7,9H2,(H,21,23)(H2,20,22,24). The number of carbonyl (C=O) groups excluding carboxylic acids is 2. The quantitative estimate of drug-likeness (QED) is 0.749. The molecule has 3 amide bonds. The fourth-order valence-corrected chi connectivity index (χ4v) is 1.86. The molecule has 3 N–H and O–H groups in total. The Morgan fingerprint density at radius 2 is 1.54 bits per heavy atom. The van der Waals surface area contributed by atoms with Crippen LogP contribution in [0.25, 0.3) is 0 Å². The van der Waals surface area contributed by atoms with E-state index in [1.54, 1.807) is 0 Å². The van der Waals surface area contributed by atoms with Crippen molar-refractivity contribution in [3.05, 3.63) is 71.0 Å². The Labute approximate surface area is 135 Å². The monoisotopic (exact) mass is 337 g/mol. The van der Waals surface area contributed by atoms with Crippen molar-refractivity contribution in [3.63, 3.8) is 0 Å². The summed E-state index contributed by atoms with van der Waals surface area (Å²) in [4.78, 5) is 23.1. The second kappa shape index (κ2) is 8.00. The lowest BCUT2D eigenvalue weighted by Crippen LogP contribution is -2.47. The molecule has 2 aromatic rings. The molecule has 0 unspecified atom stereocenters. The molecule has 0 radical (unpaired) electrons. The van der Waals surface area contributed by atoms with Gasteiger partial charge in [0.05, 0.1) is 6.42 Å². The number of hydrazine groups is 1. The molecule has 0 saturated carbocycles. The van der Waals surface area contributed by atoms with Crippen molar-refractivity contribution in [2.45, 2.75) is 13.0 Å². The molecule has 0 atom stereocenters. The molecule has 2 rings (SSSR count). The zero-order valence-corrected chi connectivity index (χ0v) is 12.4. The molecule has 0 saturated heterocycles. The highest BCUT2D eigenvalue weighted by atomic mass is 19.1. The van der Waals surface area contributed by atoms with Crippen LogP contribution in [0.3, 0.4) is 0 Å². The second-order valence-electron chi connectivity index (χ2n) is 4.89. The molecule has 0 aliphatic rings. The van der Waals surface area contributed by atoms with Crippen LogP contribution in [-0.4, -0.2) is 11.9 Å². The summed E-state index contributed by atoms with van der Waals surface area (Å²) in [5.74, 6) is -2.21. The van der Waals surface area contributed by atoms with Crippen molar-refractivity contribution in [1.29, 1.82) is 0 Å². The highest BCUT2D eigenvalue weighted by Gasteiger charge is 2.08. The third kappa shape index (κ3) is 5.31. The van der Waals surface area contributed by atoms with E-state index in [0.717, 1.165) is 18.2 Å². The first-order valence-electron chi connectivity index (χ1n) is 6.95. The SMILES string of the molecule is O=C(Cc1ccc(F)cc1)NNC(=O)NCc1cc(F)ccc1F. The van der Waals surface area contributed by atoms with E-state index in [1.807, 2.05) is 0 Å². The predicted molar refractivity (Wildman–Crippen MR) is 80.0 cm³/mol. The molecule has 0 aliphatic heterocycles. The van der Waals surface area contributed by atoms with Gasteiger partial charge in [-0.1, -0.05) is 12.1 Å². The van der Waals surface area contributed by atoms with Crippen molar-refractivity contribution in [2.75, 3.05) is 0 Å². The average molecular weight is 337 g/mol. The van der Waals surface area contributed by atoms with Crippen LogP contribution in [0.5, 0.6) is 0 Å². The summed E-state index contributed by atoms with van der Waals surface area (Å²) in [7, 11) is 0. The van der Waals surface area contributed by atoms with E-state index in [2.05, 4.69) is 16.2 Å². The maximum absolute atomic E-state index is 13.4. The third-order valence-electron chi connectivity index (χ3n) is 3.04. The van der Waals surface area contributed by atoms with E-state index in [4.69, 9.17) is 0 Å². The zero-order valence-electron chi connectivity index (χ0n) is 12.4. The minimum atomic E-state index is -0.786. The van der Waals surface area contributed by atoms with Gasteiger partial charge in [0, 0.05) is 12.1 Å². The molecule has 0 aromatic heterocycles. The van der Waals surface area contributed by atoms with Gasteiger partial charge in [-0.25, -0.2) is 23.4 Å². The lowest BCUT2D eigenvalue weighted by molar-refractivity contribution is -0.121. The first-order chi connectivity index (χ1) is 11.4. The van der Waals surface area contributed by atoms with Crippen LogP contribution in [0.2, 0.25) is 0 Å². The largest absolute Gasteiger partial charge is 0.333 e. The van der Waals surface area contributed by atoms with Crippen LogP contribution >= 0.6 is 0 Å². The third-order valence-corrected chi connectivity index (χ3v) is 3.04. The molecule has 5 nitrogen and oxygen atoms in total. The van der Waals surface area contributed by atoms with Gasteiger partial charge in [-0.15, -0.1) is 0 Å². The fraction of sp³-hybridized carbons (Fsp3) is 0.125. The number of urea groups is 1. The van der Waals surface area contributed by atoms with Gasteiger partial charge >= 0.3 is 6.03 Å². The van der Waals surface area contributed by atoms with Crippen molar-refractivity contribution in [3.8, 4) is 0 Å². The number of hydrogen-bond acceptors (Lipinski definition) is 2. The first-order valence-corrected chi connectivity index (χ1v) is 6.95. The zero-order chi connectivity index (χ0) is 17.5. The van der Waals surface area contributed by atoms with E-state index >= 15 is 0 Å². The van der Waals surface area contributed by atoms with Gasteiger partial charge in [0.1, 0.15) is 17.5 Å². The maximum atomic E-state index is 13.4. The Bertz CT molecular complexity index is 736. The summed E-state index contributed by atoms with van der Waals surface area (Å²) in [6.45, 7) is -0.247. The number of nitrogens with one attached hydrogen (secondary N) is 3. The molecule has 0 heterocycles. The number of carbonyl (C=O) groups is 2. The van der Waals surface area contributed by atoms with Gasteiger partial charge in [0.2, 0.25) is 5.91 Å². The summed E-state index contributed by atoms with van der Waals surface area (Å²) < 4.78 is 39.1. The molecular weight excluding hydrogens is 323 g/mol. The van der Waals surface area contributed by atoms with Crippen LogP contribution in [0.4, 0.5) is 18.0 Å². The molecule has 24 heavy (non-hydrogen) atoms. The number of hydrogen-bond donors (Lipinski definition) is 3. The van der Waals surface area contributed by atoms with Crippen molar-refractivity contribution >= 4 is 11.9 Å². The van der Waals surface area contributed by atoms with Crippen molar-refractivity contribution in [2.24, 2.45) is 0 Å². The average Bonchev–Trinajstić information content (AvgIpc) is 2.56. The molecule has 8 heteroatoms. The number of benzene rings is 2. The van der Waals surface area contributed by atoms with Crippen LogP contribution in [0.15, 0.2) is 42.5 Å². The Kier molecular flexibility index (Phi) is 5.78. The molecule has 0 aliphatic carbocycles. The van der Waals surface area contributed by atoms with Crippen LogP contribution < -0.4 is 16.2 Å². The van der Waals surface area contributed by atoms with Gasteiger partial charge in [0.15, 0.2) is 0 Å². The molecular formula is C16H14F3N3O2. The van der Waals surface area contributed by atoms with Crippen LogP contribution in [0.1, 0.15) is 11.1 Å². The Morgan fingerprint density at radius 1 is 0.875 bits per heavy atom.